The molecule has 0 aliphatic rings. The van der Waals surface area contributed by atoms with E-state index in [1.807, 2.05) is 4.98 Å². The molecular formula is C16H14N2O8. The van der Waals surface area contributed by atoms with Gasteiger partial charge < -0.3 is 30.8 Å². The number of aromatic carboxylic acids is 2. The number of methoxy groups -OCH3 is 1. The molecular weight excluding hydrogens is 348 g/mol. The highest BCUT2D eigenvalue weighted by atomic mass is 16.5. The number of hydrogen-bond acceptors (Lipinski definition) is 6. The Morgan fingerprint density at radius 2 is 1.73 bits per heavy atom. The molecule has 0 aliphatic carbocycles. The zero-order valence-corrected chi connectivity index (χ0v) is 13.4. The number of carboxylic acids is 3. The number of carboxylic acid groups (broad SMARTS) is 3. The Labute approximate surface area is 145 Å². The van der Waals surface area contributed by atoms with Crippen LogP contribution in [0.3, 0.4) is 0 Å². The van der Waals surface area contributed by atoms with Gasteiger partial charge in [0.25, 0.3) is 5.56 Å². The number of nitrogen functional groups attached to an aromatic ring is 1. The predicted molar refractivity (Wildman–Crippen MR) is 88.7 cm³/mol. The molecule has 10 heteroatoms. The van der Waals surface area contributed by atoms with E-state index in [0.29, 0.717) is 5.56 Å². The molecule has 0 bridgehead atoms. The largest absolute Gasteiger partial charge is 0.496 e. The quantitative estimate of drug-likeness (QED) is 0.493. The number of aliphatic carboxylic acids is 1. The lowest BCUT2D eigenvalue weighted by atomic mass is 9.93. The van der Waals surface area contributed by atoms with Gasteiger partial charge in [0.2, 0.25) is 0 Å². The maximum atomic E-state index is 12.0. The van der Waals surface area contributed by atoms with Gasteiger partial charge in [-0.3, -0.25) is 9.59 Å². The van der Waals surface area contributed by atoms with Gasteiger partial charge in [-0.1, -0.05) is 12.1 Å². The van der Waals surface area contributed by atoms with E-state index in [4.69, 9.17) is 15.6 Å². The number of nitrogens with one attached hydrogen (secondary N) is 1. The van der Waals surface area contributed by atoms with Crippen LogP contribution < -0.4 is 16.0 Å². The van der Waals surface area contributed by atoms with Gasteiger partial charge in [-0.05, 0) is 11.6 Å². The summed E-state index contributed by atoms with van der Waals surface area (Å²) in [5.41, 5.74) is 2.96. The number of rotatable bonds is 6. The number of pyridine rings is 1. The fourth-order valence-electron chi connectivity index (χ4n) is 2.54. The van der Waals surface area contributed by atoms with E-state index in [1.165, 1.54) is 25.3 Å². The average Bonchev–Trinajstić information content (AvgIpc) is 2.52. The first-order valence-electron chi connectivity index (χ1n) is 7.08. The third kappa shape index (κ3) is 3.34. The molecule has 1 heterocycles. The molecule has 26 heavy (non-hydrogen) atoms. The minimum Gasteiger partial charge on any atom is -0.496 e. The molecule has 0 saturated heterocycles. The average molecular weight is 362 g/mol. The fourth-order valence-corrected chi connectivity index (χ4v) is 2.54. The van der Waals surface area contributed by atoms with Crippen LogP contribution in [0.25, 0.3) is 11.1 Å². The van der Waals surface area contributed by atoms with E-state index >= 15 is 0 Å². The highest BCUT2D eigenvalue weighted by Gasteiger charge is 2.28. The molecule has 1 aromatic heterocycles. The van der Waals surface area contributed by atoms with Gasteiger partial charge in [0.05, 0.1) is 13.5 Å². The lowest BCUT2D eigenvalue weighted by Crippen LogP contribution is -2.24. The Kier molecular flexibility index (Phi) is 4.96. The van der Waals surface area contributed by atoms with Crippen molar-refractivity contribution in [1.29, 1.82) is 0 Å². The first-order chi connectivity index (χ1) is 12.2. The predicted octanol–water partition coefficient (Wildman–Crippen LogP) is 0.656. The summed E-state index contributed by atoms with van der Waals surface area (Å²) >= 11 is 0. The molecule has 2 rings (SSSR count). The van der Waals surface area contributed by atoms with Crippen molar-refractivity contribution in [3.63, 3.8) is 0 Å². The number of H-pyrrole nitrogens is 1. The lowest BCUT2D eigenvalue weighted by Gasteiger charge is -2.15. The molecule has 136 valence electrons. The van der Waals surface area contributed by atoms with Gasteiger partial charge in [0.1, 0.15) is 22.7 Å². The molecule has 0 saturated carbocycles. The smallest absolute Gasteiger partial charge is 0.342 e. The number of aromatic nitrogens is 1. The second-order valence-electron chi connectivity index (χ2n) is 5.21. The molecule has 0 unspecified atom stereocenters. The van der Waals surface area contributed by atoms with E-state index < -0.39 is 46.0 Å². The lowest BCUT2D eigenvalue weighted by molar-refractivity contribution is -0.136. The van der Waals surface area contributed by atoms with Crippen LogP contribution in [0.5, 0.6) is 5.75 Å². The van der Waals surface area contributed by atoms with Crippen molar-refractivity contribution in [1.82, 2.24) is 4.98 Å². The maximum Gasteiger partial charge on any atom is 0.342 e. The van der Waals surface area contributed by atoms with Crippen molar-refractivity contribution >= 4 is 23.7 Å². The highest BCUT2D eigenvalue weighted by Crippen LogP contribution is 2.36. The van der Waals surface area contributed by atoms with E-state index in [-0.39, 0.29) is 17.7 Å². The van der Waals surface area contributed by atoms with Crippen LogP contribution in [0, 0.1) is 0 Å². The third-order valence-electron chi connectivity index (χ3n) is 3.56. The SMILES string of the molecule is COc1cc(CC(=O)O)ccc1-c1c(C(=O)O)c(N)[nH]c(=O)c1C(=O)O. The van der Waals surface area contributed by atoms with E-state index in [9.17, 15) is 29.4 Å². The summed E-state index contributed by atoms with van der Waals surface area (Å²) in [4.78, 5) is 48.0. The Bertz CT molecular complexity index is 977. The third-order valence-corrected chi connectivity index (χ3v) is 3.56. The van der Waals surface area contributed by atoms with Crippen molar-refractivity contribution in [3.05, 3.63) is 45.2 Å². The molecule has 0 aliphatic heterocycles. The van der Waals surface area contributed by atoms with Gasteiger partial charge in [-0.2, -0.15) is 0 Å². The van der Waals surface area contributed by atoms with E-state index in [1.54, 1.807) is 0 Å². The number of aromatic amines is 1. The molecule has 1 aromatic carbocycles. The first kappa shape index (κ1) is 18.5. The number of benzene rings is 1. The minimum atomic E-state index is -1.65. The number of carbonyl (C=O) groups is 3. The van der Waals surface area contributed by atoms with Crippen LogP contribution in [0.15, 0.2) is 23.0 Å². The highest BCUT2D eigenvalue weighted by molar-refractivity contribution is 6.08. The summed E-state index contributed by atoms with van der Waals surface area (Å²) in [7, 11) is 1.24. The van der Waals surface area contributed by atoms with Crippen LogP contribution in [0.4, 0.5) is 5.82 Å². The molecule has 0 spiro atoms. The van der Waals surface area contributed by atoms with E-state index in [2.05, 4.69) is 0 Å². The normalized spacial score (nSPS) is 10.3. The second kappa shape index (κ2) is 6.97. The summed E-state index contributed by atoms with van der Waals surface area (Å²) in [6, 6.07) is 3.96. The van der Waals surface area contributed by atoms with Crippen LogP contribution in [0.2, 0.25) is 0 Å². The van der Waals surface area contributed by atoms with Crippen molar-refractivity contribution in [3.8, 4) is 16.9 Å². The molecule has 2 aromatic rings. The van der Waals surface area contributed by atoms with Crippen molar-refractivity contribution in [2.75, 3.05) is 12.8 Å². The monoisotopic (exact) mass is 362 g/mol. The minimum absolute atomic E-state index is 0.00116. The molecule has 10 nitrogen and oxygen atoms in total. The number of ether oxygens (including phenoxy) is 1. The second-order valence-corrected chi connectivity index (χ2v) is 5.21. The van der Waals surface area contributed by atoms with Crippen molar-refractivity contribution in [2.45, 2.75) is 6.42 Å². The Morgan fingerprint density at radius 1 is 1.12 bits per heavy atom. The standard InChI is InChI=1S/C16H14N2O8/c1-26-8-4-6(5-9(19)20)2-3-7(8)10-11(15(22)23)13(17)18-14(21)12(10)16(24)25/h2-4H,5H2,1H3,(H,19,20)(H,22,23)(H,24,25)(H3,17,18,21). The Balaban J connectivity index is 2.90. The zero-order chi connectivity index (χ0) is 19.6. The maximum absolute atomic E-state index is 12.0. The Morgan fingerprint density at radius 3 is 2.23 bits per heavy atom. The first-order valence-corrected chi connectivity index (χ1v) is 7.08. The summed E-state index contributed by atoms with van der Waals surface area (Å²) in [5, 5.41) is 27.7. The van der Waals surface area contributed by atoms with Gasteiger partial charge in [0, 0.05) is 11.1 Å². The van der Waals surface area contributed by atoms with Crippen molar-refractivity contribution < 1.29 is 34.4 Å². The van der Waals surface area contributed by atoms with Gasteiger partial charge in [0.15, 0.2) is 0 Å². The van der Waals surface area contributed by atoms with Gasteiger partial charge in [-0.15, -0.1) is 0 Å². The van der Waals surface area contributed by atoms with Crippen LogP contribution >= 0.6 is 0 Å². The van der Waals surface area contributed by atoms with Gasteiger partial charge >= 0.3 is 17.9 Å². The molecule has 0 fully saturated rings. The van der Waals surface area contributed by atoms with Crippen LogP contribution in [0.1, 0.15) is 26.3 Å². The van der Waals surface area contributed by atoms with Gasteiger partial charge in [-0.25, -0.2) is 9.59 Å². The Hall–Kier alpha value is -3.82. The fraction of sp³-hybridized carbons (Fsp3) is 0.125. The number of hydrogen-bond donors (Lipinski definition) is 5. The summed E-state index contributed by atoms with van der Waals surface area (Å²) < 4.78 is 5.14. The molecule has 0 radical (unpaired) electrons. The molecule has 6 N–H and O–H groups in total. The summed E-state index contributed by atoms with van der Waals surface area (Å²) in [6.45, 7) is 0. The topological polar surface area (TPSA) is 180 Å². The van der Waals surface area contributed by atoms with Crippen LogP contribution in [-0.4, -0.2) is 45.3 Å². The summed E-state index contributed by atoms with van der Waals surface area (Å²) in [6.07, 6.45) is -0.328. The molecule has 0 amide bonds. The number of anilines is 1. The van der Waals surface area contributed by atoms with E-state index in [0.717, 1.165) is 0 Å². The zero-order valence-electron chi connectivity index (χ0n) is 13.4. The summed E-state index contributed by atoms with van der Waals surface area (Å²) in [5.74, 6) is -4.82. The number of nitrogens with two attached hydrogens (primary N) is 1. The van der Waals surface area contributed by atoms with Crippen molar-refractivity contribution in [2.24, 2.45) is 0 Å². The molecule has 0 atom stereocenters. The van der Waals surface area contributed by atoms with Crippen LogP contribution in [-0.2, 0) is 11.2 Å².